The average Bonchev–Trinajstić information content (AvgIpc) is 3.10. The molecule has 26 heavy (non-hydrogen) atoms. The van der Waals surface area contributed by atoms with Crippen LogP contribution in [0, 0.1) is 5.92 Å². The van der Waals surface area contributed by atoms with Gasteiger partial charge in [0.25, 0.3) is 5.91 Å². The van der Waals surface area contributed by atoms with Crippen LogP contribution in [0.4, 0.5) is 0 Å². The van der Waals surface area contributed by atoms with Gasteiger partial charge in [0.2, 0.25) is 0 Å². The van der Waals surface area contributed by atoms with E-state index in [1.807, 2.05) is 6.92 Å². The van der Waals surface area contributed by atoms with Gasteiger partial charge < -0.3 is 14.8 Å². The topological polar surface area (TPSA) is 67.9 Å². The molecule has 0 aromatic carbocycles. The van der Waals surface area contributed by atoms with Crippen LogP contribution in [0.3, 0.4) is 0 Å². The zero-order valence-electron chi connectivity index (χ0n) is 16.7. The minimum Gasteiger partial charge on any atom is -0.454 e. The lowest BCUT2D eigenvalue weighted by molar-refractivity contribution is -0.154. The first kappa shape index (κ1) is 21.2. The molecule has 0 bridgehead atoms. The summed E-state index contributed by atoms with van der Waals surface area (Å²) in [7, 11) is 0. The standard InChI is InChI=1S/C20H36N2O4/c1-15(2)6-4-7-16(3)21-19(23)14-26-20(24)18-8-5-11-22(18)17-9-12-25-13-10-17/h15-18H,4-14H2,1-3H3,(H,21,23)/t16-,18+/m1/s1. The summed E-state index contributed by atoms with van der Waals surface area (Å²) < 4.78 is 10.7. The van der Waals surface area contributed by atoms with Gasteiger partial charge in [0.05, 0.1) is 0 Å². The van der Waals surface area contributed by atoms with Crippen LogP contribution in [-0.2, 0) is 19.1 Å². The molecular weight excluding hydrogens is 332 g/mol. The Balaban J connectivity index is 1.69. The third kappa shape index (κ3) is 6.88. The highest BCUT2D eigenvalue weighted by Gasteiger charge is 2.37. The maximum absolute atomic E-state index is 12.5. The molecule has 0 radical (unpaired) electrons. The summed E-state index contributed by atoms with van der Waals surface area (Å²) in [4.78, 5) is 26.8. The minimum atomic E-state index is -0.253. The van der Waals surface area contributed by atoms with Crippen LogP contribution in [0.5, 0.6) is 0 Å². The number of carbonyl (C=O) groups excluding carboxylic acids is 2. The predicted molar refractivity (Wildman–Crippen MR) is 101 cm³/mol. The molecule has 0 saturated carbocycles. The van der Waals surface area contributed by atoms with E-state index in [2.05, 4.69) is 24.1 Å². The van der Waals surface area contributed by atoms with Gasteiger partial charge >= 0.3 is 5.97 Å². The molecule has 6 nitrogen and oxygen atoms in total. The molecule has 2 aliphatic heterocycles. The Morgan fingerprint density at radius 2 is 1.88 bits per heavy atom. The summed E-state index contributed by atoms with van der Waals surface area (Å²) >= 11 is 0. The second-order valence-corrected chi connectivity index (χ2v) is 8.14. The van der Waals surface area contributed by atoms with Crippen LogP contribution in [-0.4, -0.2) is 61.3 Å². The van der Waals surface area contributed by atoms with Gasteiger partial charge in [0.1, 0.15) is 6.04 Å². The van der Waals surface area contributed by atoms with E-state index in [1.54, 1.807) is 0 Å². The summed E-state index contributed by atoms with van der Waals surface area (Å²) in [6.07, 6.45) is 6.99. The van der Waals surface area contributed by atoms with Gasteiger partial charge in [-0.15, -0.1) is 0 Å². The Morgan fingerprint density at radius 1 is 1.15 bits per heavy atom. The molecule has 2 aliphatic rings. The molecule has 0 aliphatic carbocycles. The monoisotopic (exact) mass is 368 g/mol. The molecule has 1 amide bonds. The highest BCUT2D eigenvalue weighted by atomic mass is 16.5. The second kappa shape index (κ2) is 10.9. The van der Waals surface area contributed by atoms with Crippen molar-refractivity contribution < 1.29 is 19.1 Å². The molecule has 2 atom stereocenters. The number of esters is 1. The lowest BCUT2D eigenvalue weighted by atomic mass is 10.0. The summed E-state index contributed by atoms with van der Waals surface area (Å²) in [5, 5.41) is 2.93. The molecule has 0 aromatic rings. The minimum absolute atomic E-state index is 0.116. The van der Waals surface area contributed by atoms with E-state index < -0.39 is 0 Å². The van der Waals surface area contributed by atoms with Crippen molar-refractivity contribution in [2.24, 2.45) is 5.92 Å². The number of carbonyl (C=O) groups is 2. The van der Waals surface area contributed by atoms with E-state index in [0.717, 1.165) is 58.3 Å². The van der Waals surface area contributed by atoms with Crippen molar-refractivity contribution in [1.29, 1.82) is 0 Å². The Labute approximate surface area is 158 Å². The van der Waals surface area contributed by atoms with Crippen LogP contribution in [0.1, 0.15) is 65.7 Å². The lowest BCUT2D eigenvalue weighted by Gasteiger charge is -2.34. The number of rotatable bonds is 9. The van der Waals surface area contributed by atoms with Crippen molar-refractivity contribution in [3.8, 4) is 0 Å². The van der Waals surface area contributed by atoms with E-state index >= 15 is 0 Å². The van der Waals surface area contributed by atoms with Crippen molar-refractivity contribution in [3.05, 3.63) is 0 Å². The molecule has 0 aromatic heterocycles. The van der Waals surface area contributed by atoms with Crippen LogP contribution in [0.15, 0.2) is 0 Å². The first-order valence-electron chi connectivity index (χ1n) is 10.3. The molecule has 2 fully saturated rings. The third-order valence-corrected chi connectivity index (χ3v) is 5.40. The number of amides is 1. The smallest absolute Gasteiger partial charge is 0.323 e. The second-order valence-electron chi connectivity index (χ2n) is 8.14. The van der Waals surface area contributed by atoms with Crippen LogP contribution in [0.2, 0.25) is 0 Å². The van der Waals surface area contributed by atoms with Gasteiger partial charge in [-0.3, -0.25) is 14.5 Å². The Bertz CT molecular complexity index is 449. The quantitative estimate of drug-likeness (QED) is 0.634. The number of nitrogens with zero attached hydrogens (tertiary/aromatic N) is 1. The van der Waals surface area contributed by atoms with Crippen molar-refractivity contribution in [2.75, 3.05) is 26.4 Å². The van der Waals surface area contributed by atoms with Crippen molar-refractivity contribution in [1.82, 2.24) is 10.2 Å². The molecular formula is C20H36N2O4. The third-order valence-electron chi connectivity index (χ3n) is 5.40. The molecule has 6 heteroatoms. The van der Waals surface area contributed by atoms with Gasteiger partial charge in [-0.05, 0) is 51.5 Å². The van der Waals surface area contributed by atoms with E-state index in [9.17, 15) is 9.59 Å². The number of ether oxygens (including phenoxy) is 2. The average molecular weight is 369 g/mol. The number of likely N-dealkylation sites (tertiary alicyclic amines) is 1. The van der Waals surface area contributed by atoms with E-state index in [-0.39, 0.29) is 30.6 Å². The fraction of sp³-hybridized carbons (Fsp3) is 0.900. The SMILES string of the molecule is CC(C)CCC[C@@H](C)NC(=O)COC(=O)[C@@H]1CCCN1C1CCOCC1. The van der Waals surface area contributed by atoms with Crippen LogP contribution in [0.25, 0.3) is 0 Å². The molecule has 0 spiro atoms. The van der Waals surface area contributed by atoms with Crippen LogP contribution < -0.4 is 5.32 Å². The summed E-state index contributed by atoms with van der Waals surface area (Å²) in [5.74, 6) is 0.228. The zero-order chi connectivity index (χ0) is 18.9. The van der Waals surface area contributed by atoms with Gasteiger partial charge in [0.15, 0.2) is 6.61 Å². The fourth-order valence-corrected chi connectivity index (χ4v) is 3.95. The molecule has 0 unspecified atom stereocenters. The molecule has 1 N–H and O–H groups in total. The normalized spacial score (nSPS) is 23.2. The number of nitrogens with one attached hydrogen (secondary N) is 1. The number of hydrogen-bond donors (Lipinski definition) is 1. The molecule has 2 rings (SSSR count). The van der Waals surface area contributed by atoms with Gasteiger partial charge in [-0.1, -0.05) is 26.7 Å². The largest absolute Gasteiger partial charge is 0.454 e. The van der Waals surface area contributed by atoms with Crippen molar-refractivity contribution >= 4 is 11.9 Å². The molecule has 150 valence electrons. The Hall–Kier alpha value is -1.14. The highest BCUT2D eigenvalue weighted by molar-refractivity contribution is 5.82. The van der Waals surface area contributed by atoms with Gasteiger partial charge in [0, 0.05) is 25.3 Å². The van der Waals surface area contributed by atoms with E-state index in [4.69, 9.17) is 9.47 Å². The zero-order valence-corrected chi connectivity index (χ0v) is 16.7. The first-order valence-corrected chi connectivity index (χ1v) is 10.3. The maximum Gasteiger partial charge on any atom is 0.323 e. The Kier molecular flexibility index (Phi) is 8.85. The molecule has 2 saturated heterocycles. The van der Waals surface area contributed by atoms with E-state index in [1.165, 1.54) is 6.42 Å². The molecule has 2 heterocycles. The number of hydrogen-bond acceptors (Lipinski definition) is 5. The lowest BCUT2D eigenvalue weighted by Crippen LogP contribution is -2.47. The van der Waals surface area contributed by atoms with Gasteiger partial charge in [-0.25, -0.2) is 0 Å². The van der Waals surface area contributed by atoms with Gasteiger partial charge in [-0.2, -0.15) is 0 Å². The fourth-order valence-electron chi connectivity index (χ4n) is 3.95. The predicted octanol–water partition coefficient (Wildman–Crippen LogP) is 2.50. The van der Waals surface area contributed by atoms with E-state index in [0.29, 0.717) is 12.0 Å². The first-order chi connectivity index (χ1) is 12.5. The summed E-state index contributed by atoms with van der Waals surface area (Å²) in [5.41, 5.74) is 0. The highest BCUT2D eigenvalue weighted by Crippen LogP contribution is 2.26. The maximum atomic E-state index is 12.5. The summed E-state index contributed by atoms with van der Waals surface area (Å²) in [6.45, 7) is 8.70. The summed E-state index contributed by atoms with van der Waals surface area (Å²) in [6, 6.07) is 0.318. The van der Waals surface area contributed by atoms with Crippen LogP contribution >= 0.6 is 0 Å². The van der Waals surface area contributed by atoms with Crippen molar-refractivity contribution in [2.45, 2.75) is 83.8 Å². The Morgan fingerprint density at radius 3 is 2.58 bits per heavy atom. The van der Waals surface area contributed by atoms with Crippen molar-refractivity contribution in [3.63, 3.8) is 0 Å².